The van der Waals surface area contributed by atoms with Gasteiger partial charge in [-0.15, -0.1) is 13.2 Å². The molecule has 3 heterocycles. The van der Waals surface area contributed by atoms with Crippen LogP contribution < -0.4 is 10.1 Å². The molecule has 0 amide bonds. The van der Waals surface area contributed by atoms with Crippen molar-refractivity contribution in [1.82, 2.24) is 18.9 Å². The van der Waals surface area contributed by atoms with Gasteiger partial charge in [-0.05, 0) is 62.4 Å². The van der Waals surface area contributed by atoms with Crippen LogP contribution in [0.1, 0.15) is 24.0 Å². The first-order valence-corrected chi connectivity index (χ1v) is 14.0. The second kappa shape index (κ2) is 10.5. The van der Waals surface area contributed by atoms with Gasteiger partial charge in [0.25, 0.3) is 0 Å². The molecule has 1 fully saturated rings. The molecule has 12 heteroatoms. The minimum atomic E-state index is -4.84. The Kier molecular flexibility index (Phi) is 7.25. The maximum atomic E-state index is 13.2. The van der Waals surface area contributed by atoms with Crippen LogP contribution in [0.5, 0.6) is 5.75 Å². The molecule has 0 saturated carbocycles. The van der Waals surface area contributed by atoms with Gasteiger partial charge in [0, 0.05) is 36.8 Å². The first kappa shape index (κ1) is 26.9. The van der Waals surface area contributed by atoms with Crippen LogP contribution in [-0.4, -0.2) is 53.3 Å². The summed E-state index contributed by atoms with van der Waals surface area (Å²) < 4.78 is 70.8. The summed E-state index contributed by atoms with van der Waals surface area (Å²) in [4.78, 5) is 4.75. The normalized spacial score (nSPS) is 16.9. The second-order valence-electron chi connectivity index (χ2n) is 9.68. The lowest BCUT2D eigenvalue weighted by molar-refractivity contribution is -0.274. The van der Waals surface area contributed by atoms with Gasteiger partial charge >= 0.3 is 6.36 Å². The lowest BCUT2D eigenvalue weighted by Crippen LogP contribution is -2.41. The molecule has 1 unspecified atom stereocenters. The number of nitrogens with zero attached hydrogens (tertiary/aromatic N) is 4. The minimum absolute atomic E-state index is 0.0168. The molecule has 1 saturated heterocycles. The number of benzene rings is 2. The average Bonchev–Trinajstić information content (AvgIpc) is 3.28. The lowest BCUT2D eigenvalue weighted by atomic mass is 10.00. The van der Waals surface area contributed by atoms with E-state index >= 15 is 0 Å². The maximum Gasteiger partial charge on any atom is 0.573 e. The van der Waals surface area contributed by atoms with Crippen LogP contribution in [0.3, 0.4) is 0 Å². The van der Waals surface area contributed by atoms with Gasteiger partial charge in [-0.25, -0.2) is 13.4 Å². The first-order valence-electron chi connectivity index (χ1n) is 12.5. The zero-order valence-corrected chi connectivity index (χ0v) is 22.3. The van der Waals surface area contributed by atoms with Crippen LogP contribution in [0.25, 0.3) is 16.9 Å². The predicted molar refractivity (Wildman–Crippen MR) is 141 cm³/mol. The number of hydrogen-bond acceptors (Lipinski definition) is 6. The Morgan fingerprint density at radius 3 is 2.54 bits per heavy atom. The minimum Gasteiger partial charge on any atom is -0.406 e. The van der Waals surface area contributed by atoms with Gasteiger partial charge in [0.05, 0.1) is 16.8 Å². The van der Waals surface area contributed by atoms with Crippen molar-refractivity contribution in [2.45, 2.75) is 37.9 Å². The number of halogens is 3. The molecule has 0 bridgehead atoms. The van der Waals surface area contributed by atoms with Crippen LogP contribution in [0.2, 0.25) is 0 Å². The van der Waals surface area contributed by atoms with E-state index in [1.165, 1.54) is 4.31 Å². The number of alkyl halides is 3. The van der Waals surface area contributed by atoms with Crippen molar-refractivity contribution >= 4 is 21.5 Å². The van der Waals surface area contributed by atoms with E-state index in [0.29, 0.717) is 19.5 Å². The van der Waals surface area contributed by atoms with E-state index < -0.39 is 22.1 Å². The van der Waals surface area contributed by atoms with Crippen molar-refractivity contribution in [2.24, 2.45) is 5.92 Å². The molecule has 4 aromatic rings. The van der Waals surface area contributed by atoms with E-state index in [1.807, 2.05) is 44.2 Å². The molecule has 2 aromatic carbocycles. The van der Waals surface area contributed by atoms with E-state index in [1.54, 1.807) is 10.7 Å². The molecule has 206 valence electrons. The smallest absolute Gasteiger partial charge is 0.406 e. The number of rotatable bonds is 7. The molecule has 1 atom stereocenters. The van der Waals surface area contributed by atoms with E-state index in [0.717, 1.165) is 64.5 Å². The first-order chi connectivity index (χ1) is 18.5. The van der Waals surface area contributed by atoms with Crippen molar-refractivity contribution in [3.8, 4) is 17.0 Å². The number of aryl methyl sites for hydroxylation is 2. The number of aromatic nitrogens is 3. The number of piperidine rings is 1. The van der Waals surface area contributed by atoms with Gasteiger partial charge in [0.15, 0.2) is 5.65 Å². The van der Waals surface area contributed by atoms with Crippen LogP contribution in [0, 0.1) is 19.8 Å². The number of anilines is 1. The molecule has 39 heavy (non-hydrogen) atoms. The second-order valence-corrected chi connectivity index (χ2v) is 11.6. The summed E-state index contributed by atoms with van der Waals surface area (Å²) in [5.41, 5.74) is 4.62. The highest BCUT2D eigenvalue weighted by atomic mass is 32.2. The van der Waals surface area contributed by atoms with Gasteiger partial charge in [-0.1, -0.05) is 24.3 Å². The molecule has 1 aliphatic heterocycles. The summed E-state index contributed by atoms with van der Waals surface area (Å²) in [6, 6.07) is 14.3. The SMILES string of the molecule is Cc1ccccc1-c1cc(NCC2CCCN(S(=O)(=O)c3ccc(OC(F)(F)F)cc3)C2)n2ncc(C)c2n1. The van der Waals surface area contributed by atoms with Crippen LogP contribution in [-0.2, 0) is 10.0 Å². The summed E-state index contributed by atoms with van der Waals surface area (Å²) >= 11 is 0. The standard InChI is InChI=1S/C27H28F3N5O3S/c1-18-6-3-4-8-23(18)24-14-25(35-26(33-24)19(2)15-32-35)31-16-20-7-5-13-34(17-20)39(36,37)22-11-9-21(10-12-22)38-27(28,29)30/h3-4,6,8-12,14-15,20,31H,5,7,13,16-17H2,1-2H3. The van der Waals surface area contributed by atoms with Gasteiger partial charge in [-0.2, -0.15) is 13.9 Å². The van der Waals surface area contributed by atoms with Crippen LogP contribution in [0.15, 0.2) is 65.7 Å². The predicted octanol–water partition coefficient (Wildman–Crippen LogP) is 5.42. The van der Waals surface area contributed by atoms with E-state index in [2.05, 4.69) is 15.2 Å². The lowest BCUT2D eigenvalue weighted by Gasteiger charge is -2.32. The van der Waals surface area contributed by atoms with Crippen molar-refractivity contribution in [1.29, 1.82) is 0 Å². The van der Waals surface area contributed by atoms with Gasteiger partial charge < -0.3 is 10.1 Å². The summed E-state index contributed by atoms with van der Waals surface area (Å²) in [6.45, 7) is 5.12. The highest BCUT2D eigenvalue weighted by Gasteiger charge is 2.33. The summed E-state index contributed by atoms with van der Waals surface area (Å²) in [5.74, 6) is 0.305. The van der Waals surface area contributed by atoms with Gasteiger partial charge in [0.1, 0.15) is 11.6 Å². The third-order valence-corrected chi connectivity index (χ3v) is 8.70. The van der Waals surface area contributed by atoms with Gasteiger partial charge in [-0.3, -0.25) is 0 Å². The molecule has 0 radical (unpaired) electrons. The fourth-order valence-electron chi connectivity index (χ4n) is 4.82. The van der Waals surface area contributed by atoms with Gasteiger partial charge in [0.2, 0.25) is 10.0 Å². The zero-order chi connectivity index (χ0) is 27.8. The Morgan fingerprint density at radius 2 is 1.82 bits per heavy atom. The summed E-state index contributed by atoms with van der Waals surface area (Å²) in [5, 5.41) is 7.92. The van der Waals surface area contributed by atoms with E-state index in [9.17, 15) is 21.6 Å². The molecule has 2 aromatic heterocycles. The Morgan fingerprint density at radius 1 is 1.08 bits per heavy atom. The Bertz CT molecular complexity index is 1590. The fourth-order valence-corrected chi connectivity index (χ4v) is 6.37. The van der Waals surface area contributed by atoms with Crippen LogP contribution in [0.4, 0.5) is 19.0 Å². The molecular weight excluding hydrogens is 531 g/mol. The molecule has 1 aliphatic rings. The Hall–Kier alpha value is -3.64. The largest absolute Gasteiger partial charge is 0.573 e. The van der Waals surface area contributed by atoms with Crippen LogP contribution >= 0.6 is 0 Å². The number of hydrogen-bond donors (Lipinski definition) is 1. The Balaban J connectivity index is 1.32. The molecule has 5 rings (SSSR count). The third kappa shape index (κ3) is 5.86. The molecular formula is C27H28F3N5O3S. The number of ether oxygens (including phenoxy) is 1. The number of nitrogens with one attached hydrogen (secondary N) is 1. The monoisotopic (exact) mass is 559 g/mol. The topological polar surface area (TPSA) is 88.8 Å². The average molecular weight is 560 g/mol. The summed E-state index contributed by atoms with van der Waals surface area (Å²) in [6.07, 6.45) is -1.59. The quantitative estimate of drug-likeness (QED) is 0.325. The van der Waals surface area contributed by atoms with E-state index in [4.69, 9.17) is 4.98 Å². The van der Waals surface area contributed by atoms with Crippen molar-refractivity contribution < 1.29 is 26.3 Å². The fraction of sp³-hybridized carbons (Fsp3) is 0.333. The third-order valence-electron chi connectivity index (χ3n) is 6.82. The molecule has 0 aliphatic carbocycles. The Labute approximate surface area is 224 Å². The van der Waals surface area contributed by atoms with Crippen molar-refractivity contribution in [2.75, 3.05) is 25.0 Å². The van der Waals surface area contributed by atoms with E-state index in [-0.39, 0.29) is 17.4 Å². The highest BCUT2D eigenvalue weighted by Crippen LogP contribution is 2.29. The molecule has 0 spiro atoms. The highest BCUT2D eigenvalue weighted by molar-refractivity contribution is 7.89. The molecule has 8 nitrogen and oxygen atoms in total. The number of fused-ring (bicyclic) bond motifs is 1. The zero-order valence-electron chi connectivity index (χ0n) is 21.4. The molecule has 1 N–H and O–H groups in total. The van der Waals surface area contributed by atoms with Crippen molar-refractivity contribution in [3.63, 3.8) is 0 Å². The maximum absolute atomic E-state index is 13.2. The number of sulfonamides is 1. The summed E-state index contributed by atoms with van der Waals surface area (Å²) in [7, 11) is -3.88. The van der Waals surface area contributed by atoms with Crippen molar-refractivity contribution in [3.05, 3.63) is 71.9 Å².